The number of aromatic nitrogens is 3. The third-order valence-corrected chi connectivity index (χ3v) is 5.86. The zero-order valence-electron chi connectivity index (χ0n) is 13.6. The van der Waals surface area contributed by atoms with E-state index in [-0.39, 0.29) is 5.91 Å². The van der Waals surface area contributed by atoms with Gasteiger partial charge < -0.3 is 10.3 Å². The van der Waals surface area contributed by atoms with Crippen molar-refractivity contribution in [3.05, 3.63) is 23.7 Å². The number of aromatic amines is 1. The summed E-state index contributed by atoms with van der Waals surface area (Å²) in [5.74, 6) is 0.725. The molecular weight excluding hydrogens is 326 g/mol. The van der Waals surface area contributed by atoms with Gasteiger partial charge in [0.05, 0.1) is 28.4 Å². The lowest BCUT2D eigenvalue weighted by atomic mass is 10.1. The number of fused-ring (bicyclic) bond motifs is 1. The van der Waals surface area contributed by atoms with Crippen molar-refractivity contribution < 1.29 is 9.00 Å². The molecule has 1 saturated carbocycles. The standard InChI is InChI=1S/C16H21N5O2S/c1-24(23)21-5-4-10(9-21)6-19-16(22)12-7-17-15-14(12)20-13(8-18-15)11-2-3-11/h7-8,10-11H,2-6,9H2,1H3,(H,17,18)(H,19,22). The van der Waals surface area contributed by atoms with Crippen LogP contribution in [-0.2, 0) is 11.0 Å². The smallest absolute Gasteiger partial charge is 0.255 e. The molecule has 2 aliphatic rings. The highest BCUT2D eigenvalue weighted by Crippen LogP contribution is 2.39. The summed E-state index contributed by atoms with van der Waals surface area (Å²) in [6.07, 6.45) is 8.45. The van der Waals surface area contributed by atoms with E-state index in [0.29, 0.717) is 35.1 Å². The van der Waals surface area contributed by atoms with Gasteiger partial charge in [-0.3, -0.25) is 4.79 Å². The highest BCUT2D eigenvalue weighted by Gasteiger charge is 2.27. The Labute approximate surface area is 142 Å². The highest BCUT2D eigenvalue weighted by molar-refractivity contribution is 7.81. The molecule has 1 amide bonds. The monoisotopic (exact) mass is 347 g/mol. The van der Waals surface area contributed by atoms with E-state index in [0.717, 1.165) is 38.0 Å². The summed E-state index contributed by atoms with van der Waals surface area (Å²) >= 11 is 0. The number of hydrogen-bond donors (Lipinski definition) is 2. The van der Waals surface area contributed by atoms with E-state index >= 15 is 0 Å². The Kier molecular flexibility index (Phi) is 4.09. The molecule has 2 aromatic heterocycles. The molecule has 3 heterocycles. The summed E-state index contributed by atoms with van der Waals surface area (Å²) in [7, 11) is -0.928. The van der Waals surface area contributed by atoms with Crippen LogP contribution < -0.4 is 5.32 Å². The zero-order valence-corrected chi connectivity index (χ0v) is 14.4. The SMILES string of the molecule is CS(=O)N1CCC(CNC(=O)c2c[nH]c3ncc(C4CC4)nc23)C1. The van der Waals surface area contributed by atoms with Crippen molar-refractivity contribution in [2.45, 2.75) is 25.2 Å². The van der Waals surface area contributed by atoms with Crippen LogP contribution in [0.3, 0.4) is 0 Å². The lowest BCUT2D eigenvalue weighted by Crippen LogP contribution is -2.31. The number of hydrogen-bond acceptors (Lipinski definition) is 4. The molecule has 0 bridgehead atoms. The van der Waals surface area contributed by atoms with E-state index in [2.05, 4.69) is 20.3 Å². The van der Waals surface area contributed by atoms with Gasteiger partial charge in [-0.2, -0.15) is 0 Å². The fraction of sp³-hybridized carbons (Fsp3) is 0.562. The third kappa shape index (κ3) is 3.08. The first-order chi connectivity index (χ1) is 11.6. The maximum atomic E-state index is 12.5. The number of nitrogens with one attached hydrogen (secondary N) is 2. The Hall–Kier alpha value is -1.80. The van der Waals surface area contributed by atoms with Gasteiger partial charge in [0.1, 0.15) is 5.52 Å². The van der Waals surface area contributed by atoms with E-state index in [1.54, 1.807) is 18.6 Å². The molecule has 2 unspecified atom stereocenters. The second kappa shape index (κ2) is 6.25. The minimum atomic E-state index is -0.928. The Morgan fingerprint density at radius 1 is 1.46 bits per heavy atom. The van der Waals surface area contributed by atoms with Crippen molar-refractivity contribution in [3.63, 3.8) is 0 Å². The summed E-state index contributed by atoms with van der Waals surface area (Å²) in [5.41, 5.74) is 2.83. The summed E-state index contributed by atoms with van der Waals surface area (Å²) in [5, 5.41) is 2.99. The fourth-order valence-electron chi connectivity index (χ4n) is 3.18. The Balaban J connectivity index is 1.44. The molecular formula is C16H21N5O2S. The van der Waals surface area contributed by atoms with Crippen LogP contribution >= 0.6 is 0 Å². The Morgan fingerprint density at radius 2 is 2.29 bits per heavy atom. The van der Waals surface area contributed by atoms with Crippen LogP contribution in [0.4, 0.5) is 0 Å². The molecule has 0 aromatic carbocycles. The highest BCUT2D eigenvalue weighted by atomic mass is 32.2. The van der Waals surface area contributed by atoms with Crippen LogP contribution in [-0.4, -0.2) is 55.3 Å². The van der Waals surface area contributed by atoms with Gasteiger partial charge in [0.2, 0.25) is 0 Å². The molecule has 2 atom stereocenters. The zero-order chi connectivity index (χ0) is 16.7. The summed E-state index contributed by atoms with van der Waals surface area (Å²) in [4.78, 5) is 24.5. The van der Waals surface area contributed by atoms with Crippen molar-refractivity contribution in [3.8, 4) is 0 Å². The van der Waals surface area contributed by atoms with Gasteiger partial charge >= 0.3 is 0 Å². The predicted octanol–water partition coefficient (Wildman–Crippen LogP) is 1.18. The van der Waals surface area contributed by atoms with Crippen molar-refractivity contribution >= 4 is 28.1 Å². The van der Waals surface area contributed by atoms with Gasteiger partial charge in [-0.05, 0) is 25.2 Å². The summed E-state index contributed by atoms with van der Waals surface area (Å²) in [6.45, 7) is 2.19. The molecule has 7 nitrogen and oxygen atoms in total. The van der Waals surface area contributed by atoms with Gasteiger partial charge in [-0.1, -0.05) is 0 Å². The van der Waals surface area contributed by atoms with Gasteiger partial charge in [-0.25, -0.2) is 18.5 Å². The molecule has 8 heteroatoms. The topological polar surface area (TPSA) is 91.0 Å². The van der Waals surface area contributed by atoms with Crippen LogP contribution in [0.1, 0.15) is 41.2 Å². The Morgan fingerprint density at radius 3 is 3.00 bits per heavy atom. The maximum Gasteiger partial charge on any atom is 0.255 e. The van der Waals surface area contributed by atoms with Crippen molar-refractivity contribution in [1.29, 1.82) is 0 Å². The number of carbonyl (C=O) groups is 1. The molecule has 1 aliphatic carbocycles. The largest absolute Gasteiger partial charge is 0.352 e. The Bertz CT molecular complexity index is 801. The number of nitrogens with zero attached hydrogens (tertiary/aromatic N) is 3. The molecule has 2 fully saturated rings. The van der Waals surface area contributed by atoms with Crippen LogP contribution in [0.5, 0.6) is 0 Å². The van der Waals surface area contributed by atoms with Crippen molar-refractivity contribution in [1.82, 2.24) is 24.6 Å². The quantitative estimate of drug-likeness (QED) is 0.850. The number of carbonyl (C=O) groups excluding carboxylic acids is 1. The van der Waals surface area contributed by atoms with Crippen LogP contribution in [0, 0.1) is 5.92 Å². The fourth-order valence-corrected chi connectivity index (χ4v) is 3.97. The lowest BCUT2D eigenvalue weighted by Gasteiger charge is -2.12. The molecule has 0 radical (unpaired) electrons. The average molecular weight is 347 g/mol. The predicted molar refractivity (Wildman–Crippen MR) is 91.9 cm³/mol. The molecule has 1 saturated heterocycles. The molecule has 0 spiro atoms. The summed E-state index contributed by atoms with van der Waals surface area (Å²) < 4.78 is 13.4. The van der Waals surface area contributed by atoms with E-state index in [9.17, 15) is 9.00 Å². The first-order valence-corrected chi connectivity index (χ1v) is 9.84. The maximum absolute atomic E-state index is 12.5. The van der Waals surface area contributed by atoms with Crippen LogP contribution in [0.2, 0.25) is 0 Å². The minimum Gasteiger partial charge on any atom is -0.352 e. The van der Waals surface area contributed by atoms with Gasteiger partial charge in [0.25, 0.3) is 5.91 Å². The number of rotatable bonds is 5. The molecule has 2 N–H and O–H groups in total. The summed E-state index contributed by atoms with van der Waals surface area (Å²) in [6, 6.07) is 0. The van der Waals surface area contributed by atoms with E-state index in [4.69, 9.17) is 0 Å². The van der Waals surface area contributed by atoms with E-state index in [1.165, 1.54) is 0 Å². The van der Waals surface area contributed by atoms with Crippen LogP contribution in [0.15, 0.2) is 12.4 Å². The van der Waals surface area contributed by atoms with Gasteiger partial charge in [-0.15, -0.1) is 0 Å². The minimum absolute atomic E-state index is 0.125. The van der Waals surface area contributed by atoms with Crippen LogP contribution in [0.25, 0.3) is 11.2 Å². The van der Waals surface area contributed by atoms with Gasteiger partial charge in [0, 0.05) is 38.0 Å². The first-order valence-electron chi connectivity index (χ1n) is 8.32. The lowest BCUT2D eigenvalue weighted by molar-refractivity contribution is 0.0949. The average Bonchev–Trinajstić information content (AvgIpc) is 3.16. The number of amides is 1. The first kappa shape index (κ1) is 15.7. The molecule has 2 aromatic rings. The second-order valence-corrected chi connectivity index (χ2v) is 8.01. The number of H-pyrrole nitrogens is 1. The van der Waals surface area contributed by atoms with E-state index in [1.807, 2.05) is 4.31 Å². The van der Waals surface area contributed by atoms with Crippen molar-refractivity contribution in [2.24, 2.45) is 5.92 Å². The molecule has 24 heavy (non-hydrogen) atoms. The molecule has 128 valence electrons. The third-order valence-electron chi connectivity index (χ3n) is 4.80. The normalized spacial score (nSPS) is 22.8. The second-order valence-electron chi connectivity index (χ2n) is 6.65. The molecule has 1 aliphatic heterocycles. The molecule has 4 rings (SSSR count). The van der Waals surface area contributed by atoms with Crippen molar-refractivity contribution in [2.75, 3.05) is 25.9 Å². The van der Waals surface area contributed by atoms with Gasteiger partial charge in [0.15, 0.2) is 5.65 Å². The van der Waals surface area contributed by atoms with E-state index < -0.39 is 11.0 Å².